The Balaban J connectivity index is 1.86. The van der Waals surface area contributed by atoms with Crippen LogP contribution in [0.1, 0.15) is 30.9 Å². The minimum atomic E-state index is -0.832. The molecule has 0 aromatic heterocycles. The van der Waals surface area contributed by atoms with Crippen molar-refractivity contribution in [2.24, 2.45) is 11.8 Å². The van der Waals surface area contributed by atoms with Crippen LogP contribution in [0.2, 0.25) is 0 Å². The van der Waals surface area contributed by atoms with E-state index in [4.69, 9.17) is 5.11 Å². The fourth-order valence-electron chi connectivity index (χ4n) is 2.77. The van der Waals surface area contributed by atoms with Crippen molar-refractivity contribution in [3.8, 4) is 0 Å². The van der Waals surface area contributed by atoms with E-state index in [2.05, 4.69) is 17.4 Å². The number of nitrogens with one attached hydrogen (secondary N) is 1. The zero-order valence-electron chi connectivity index (χ0n) is 11.8. The van der Waals surface area contributed by atoms with Crippen LogP contribution in [-0.4, -0.2) is 23.5 Å². The molecule has 4 nitrogen and oxygen atoms in total. The fourth-order valence-corrected chi connectivity index (χ4v) is 2.77. The van der Waals surface area contributed by atoms with Gasteiger partial charge < -0.3 is 10.4 Å². The molecule has 1 aromatic carbocycles. The van der Waals surface area contributed by atoms with Gasteiger partial charge in [-0.15, -0.1) is 0 Å². The lowest BCUT2D eigenvalue weighted by molar-refractivity contribution is -0.142. The maximum absolute atomic E-state index is 12.1. The monoisotopic (exact) mass is 275 g/mol. The summed E-state index contributed by atoms with van der Waals surface area (Å²) in [6.07, 6.45) is 2.92. The van der Waals surface area contributed by atoms with Crippen LogP contribution in [0.25, 0.3) is 0 Å². The smallest absolute Gasteiger partial charge is 0.308 e. The second kappa shape index (κ2) is 6.55. The number of carbonyl (C=O) groups is 2. The van der Waals surface area contributed by atoms with Crippen LogP contribution >= 0.6 is 0 Å². The molecule has 0 bridgehead atoms. The van der Waals surface area contributed by atoms with Crippen LogP contribution in [0.15, 0.2) is 24.3 Å². The first-order chi connectivity index (χ1) is 9.61. The van der Waals surface area contributed by atoms with Gasteiger partial charge in [-0.2, -0.15) is 0 Å². The van der Waals surface area contributed by atoms with E-state index in [1.54, 1.807) is 0 Å². The number of benzene rings is 1. The van der Waals surface area contributed by atoms with E-state index >= 15 is 0 Å². The molecule has 1 aliphatic rings. The van der Waals surface area contributed by atoms with Crippen LogP contribution in [0.3, 0.4) is 0 Å². The Morgan fingerprint density at radius 1 is 1.30 bits per heavy atom. The highest BCUT2D eigenvalue weighted by atomic mass is 16.4. The highest BCUT2D eigenvalue weighted by molar-refractivity contribution is 5.81. The zero-order chi connectivity index (χ0) is 14.5. The lowest BCUT2D eigenvalue weighted by atomic mass is 10.0. The Labute approximate surface area is 119 Å². The number of amides is 1. The van der Waals surface area contributed by atoms with E-state index in [0.717, 1.165) is 19.3 Å². The summed E-state index contributed by atoms with van der Waals surface area (Å²) in [5.74, 6) is -1.39. The van der Waals surface area contributed by atoms with Crippen molar-refractivity contribution in [2.75, 3.05) is 6.54 Å². The number of hydrogen-bond donors (Lipinski definition) is 2. The van der Waals surface area contributed by atoms with Gasteiger partial charge in [0, 0.05) is 12.5 Å². The molecule has 0 radical (unpaired) electrons. The summed E-state index contributed by atoms with van der Waals surface area (Å²) in [5.41, 5.74) is 2.46. The van der Waals surface area contributed by atoms with E-state index < -0.39 is 11.9 Å². The molecular formula is C16H21NO3. The molecular weight excluding hydrogens is 254 g/mol. The Kier molecular flexibility index (Phi) is 4.77. The summed E-state index contributed by atoms with van der Waals surface area (Å²) < 4.78 is 0. The highest BCUT2D eigenvalue weighted by Gasteiger charge is 2.27. The van der Waals surface area contributed by atoms with Gasteiger partial charge in [-0.25, -0.2) is 0 Å². The van der Waals surface area contributed by atoms with Crippen molar-refractivity contribution in [2.45, 2.75) is 32.6 Å². The third-order valence-electron chi connectivity index (χ3n) is 3.93. The number of fused-ring (bicyclic) bond motifs is 1. The van der Waals surface area contributed by atoms with E-state index in [1.165, 1.54) is 11.1 Å². The van der Waals surface area contributed by atoms with Crippen molar-refractivity contribution < 1.29 is 14.7 Å². The summed E-state index contributed by atoms with van der Waals surface area (Å²) in [5, 5.41) is 11.9. The van der Waals surface area contributed by atoms with Gasteiger partial charge in [0.25, 0.3) is 0 Å². The molecule has 20 heavy (non-hydrogen) atoms. The van der Waals surface area contributed by atoms with Crippen molar-refractivity contribution in [3.05, 3.63) is 35.4 Å². The summed E-state index contributed by atoms with van der Waals surface area (Å²) in [6, 6.07) is 8.08. The van der Waals surface area contributed by atoms with Crippen molar-refractivity contribution in [1.29, 1.82) is 0 Å². The van der Waals surface area contributed by atoms with Gasteiger partial charge in [-0.05, 0) is 30.4 Å². The average Bonchev–Trinajstić information content (AvgIpc) is 2.86. The first kappa shape index (κ1) is 14.6. The van der Waals surface area contributed by atoms with E-state index in [0.29, 0.717) is 6.42 Å². The van der Waals surface area contributed by atoms with E-state index in [1.807, 2.05) is 19.1 Å². The standard InChI is InChI=1S/C16H21NO3/c1-2-5-13(16(19)20)10-17-15(18)14-8-11-6-3-4-7-12(11)9-14/h3-4,6-7,13-14H,2,5,8-10H2,1H3,(H,17,18)(H,19,20). The lowest BCUT2D eigenvalue weighted by Gasteiger charge is -2.15. The van der Waals surface area contributed by atoms with Gasteiger partial charge in [0.15, 0.2) is 0 Å². The second-order valence-corrected chi connectivity index (χ2v) is 5.44. The Bertz CT molecular complexity index is 473. The molecule has 2 rings (SSSR count). The minimum Gasteiger partial charge on any atom is -0.481 e. The van der Waals surface area contributed by atoms with E-state index in [-0.39, 0.29) is 18.4 Å². The van der Waals surface area contributed by atoms with Crippen molar-refractivity contribution >= 4 is 11.9 Å². The molecule has 0 fully saturated rings. The molecule has 2 N–H and O–H groups in total. The van der Waals surface area contributed by atoms with E-state index in [9.17, 15) is 9.59 Å². The predicted molar refractivity (Wildman–Crippen MR) is 76.4 cm³/mol. The topological polar surface area (TPSA) is 66.4 Å². The summed E-state index contributed by atoms with van der Waals surface area (Å²) in [7, 11) is 0. The molecule has 4 heteroatoms. The predicted octanol–water partition coefficient (Wildman–Crippen LogP) is 2.02. The second-order valence-electron chi connectivity index (χ2n) is 5.44. The molecule has 1 unspecified atom stereocenters. The molecule has 0 saturated heterocycles. The summed E-state index contributed by atoms with van der Waals surface area (Å²) >= 11 is 0. The zero-order valence-corrected chi connectivity index (χ0v) is 11.8. The molecule has 0 aliphatic heterocycles. The van der Waals surface area contributed by atoms with Crippen LogP contribution < -0.4 is 5.32 Å². The molecule has 1 atom stereocenters. The average molecular weight is 275 g/mol. The first-order valence-electron chi connectivity index (χ1n) is 7.19. The summed E-state index contributed by atoms with van der Waals surface area (Å²) in [6.45, 7) is 2.18. The van der Waals surface area contributed by atoms with Gasteiger partial charge in [0.05, 0.1) is 5.92 Å². The molecule has 108 valence electrons. The fraction of sp³-hybridized carbons (Fsp3) is 0.500. The Morgan fingerprint density at radius 2 is 1.90 bits per heavy atom. The number of aliphatic carboxylic acids is 1. The third-order valence-corrected chi connectivity index (χ3v) is 3.93. The van der Waals surface area contributed by atoms with Crippen molar-refractivity contribution in [1.82, 2.24) is 5.32 Å². The number of carboxylic acids is 1. The van der Waals surface area contributed by atoms with Crippen LogP contribution in [0.5, 0.6) is 0 Å². The quantitative estimate of drug-likeness (QED) is 0.834. The third kappa shape index (κ3) is 3.38. The highest BCUT2D eigenvalue weighted by Crippen LogP contribution is 2.26. The maximum atomic E-state index is 12.1. The van der Waals surface area contributed by atoms with Crippen LogP contribution in [0, 0.1) is 11.8 Å². The van der Waals surface area contributed by atoms with Crippen LogP contribution in [-0.2, 0) is 22.4 Å². The molecule has 0 heterocycles. The Hall–Kier alpha value is -1.84. The molecule has 1 amide bonds. The largest absolute Gasteiger partial charge is 0.481 e. The van der Waals surface area contributed by atoms with Gasteiger partial charge in [-0.3, -0.25) is 9.59 Å². The number of hydrogen-bond acceptors (Lipinski definition) is 2. The van der Waals surface area contributed by atoms with Crippen molar-refractivity contribution in [3.63, 3.8) is 0 Å². The molecule has 1 aromatic rings. The SMILES string of the molecule is CCCC(CNC(=O)C1Cc2ccccc2C1)C(=O)O. The van der Waals surface area contributed by atoms with Gasteiger partial charge >= 0.3 is 5.97 Å². The number of carboxylic acid groups (broad SMARTS) is 1. The molecule has 1 aliphatic carbocycles. The number of rotatable bonds is 6. The Morgan fingerprint density at radius 3 is 2.40 bits per heavy atom. The lowest BCUT2D eigenvalue weighted by Crippen LogP contribution is -2.37. The minimum absolute atomic E-state index is 0.0245. The first-order valence-corrected chi connectivity index (χ1v) is 7.19. The number of carbonyl (C=O) groups excluding carboxylic acids is 1. The van der Waals surface area contributed by atoms with Crippen LogP contribution in [0.4, 0.5) is 0 Å². The van der Waals surface area contributed by atoms with Gasteiger partial charge in [-0.1, -0.05) is 37.6 Å². The summed E-state index contributed by atoms with van der Waals surface area (Å²) in [4.78, 5) is 23.2. The maximum Gasteiger partial charge on any atom is 0.308 e. The molecule has 0 saturated carbocycles. The normalized spacial score (nSPS) is 15.7. The molecule has 0 spiro atoms. The van der Waals surface area contributed by atoms with Gasteiger partial charge in [0.1, 0.15) is 0 Å². The van der Waals surface area contributed by atoms with Gasteiger partial charge in [0.2, 0.25) is 5.91 Å².